The molecule has 0 saturated carbocycles. The lowest BCUT2D eigenvalue weighted by Crippen LogP contribution is -2.42. The van der Waals surface area contributed by atoms with Gasteiger partial charge in [-0.25, -0.2) is 9.59 Å². The second kappa shape index (κ2) is 5.67. The zero-order valence-corrected chi connectivity index (χ0v) is 9.54. The van der Waals surface area contributed by atoms with Crippen molar-refractivity contribution in [3.63, 3.8) is 0 Å². The third-order valence-electron chi connectivity index (χ3n) is 2.00. The summed E-state index contributed by atoms with van der Waals surface area (Å²) in [5.74, 6) is -1.55. The van der Waals surface area contributed by atoms with Crippen molar-refractivity contribution in [2.45, 2.75) is 13.0 Å². The highest BCUT2D eigenvalue weighted by atomic mass is 16.5. The van der Waals surface area contributed by atoms with Gasteiger partial charge in [0.05, 0.1) is 5.56 Å². The molecule has 0 aliphatic carbocycles. The number of imide groups is 1. The highest BCUT2D eigenvalue weighted by Gasteiger charge is 2.19. The van der Waals surface area contributed by atoms with Crippen LogP contribution in [0.25, 0.3) is 0 Å². The quantitative estimate of drug-likeness (QED) is 0.661. The molecular formula is C11H12N2O5. The Morgan fingerprint density at radius 3 is 2.33 bits per heavy atom. The molecule has 1 aromatic rings. The first-order chi connectivity index (χ1) is 8.40. The lowest BCUT2D eigenvalue weighted by Gasteiger charge is -2.11. The van der Waals surface area contributed by atoms with Crippen LogP contribution >= 0.6 is 0 Å². The number of phenols is 1. The third-order valence-corrected chi connectivity index (χ3v) is 2.00. The van der Waals surface area contributed by atoms with Gasteiger partial charge in [-0.2, -0.15) is 0 Å². The summed E-state index contributed by atoms with van der Waals surface area (Å²) in [5.41, 5.74) is 4.92. The van der Waals surface area contributed by atoms with Crippen LogP contribution in [0.1, 0.15) is 17.3 Å². The monoisotopic (exact) mass is 252 g/mol. The number of carbonyl (C=O) groups is 3. The van der Waals surface area contributed by atoms with Crippen LogP contribution in [0.5, 0.6) is 5.75 Å². The van der Waals surface area contributed by atoms with E-state index in [1.807, 2.05) is 0 Å². The fourth-order valence-electron chi connectivity index (χ4n) is 1.10. The van der Waals surface area contributed by atoms with E-state index in [2.05, 4.69) is 0 Å². The lowest BCUT2D eigenvalue weighted by atomic mass is 10.2. The van der Waals surface area contributed by atoms with E-state index in [-0.39, 0.29) is 11.3 Å². The number of urea groups is 1. The number of nitrogens with two attached hydrogens (primary N) is 1. The Bertz CT molecular complexity index is 469. The van der Waals surface area contributed by atoms with E-state index >= 15 is 0 Å². The lowest BCUT2D eigenvalue weighted by molar-refractivity contribution is -0.127. The average molecular weight is 252 g/mol. The number of esters is 1. The van der Waals surface area contributed by atoms with Gasteiger partial charge in [0.25, 0.3) is 5.91 Å². The number of aromatic hydroxyl groups is 1. The van der Waals surface area contributed by atoms with Crippen molar-refractivity contribution in [2.24, 2.45) is 5.73 Å². The fraction of sp³-hybridized carbons (Fsp3) is 0.182. The Hall–Kier alpha value is -2.57. The van der Waals surface area contributed by atoms with Crippen LogP contribution in [0, 0.1) is 0 Å². The summed E-state index contributed by atoms with van der Waals surface area (Å²) < 4.78 is 4.80. The van der Waals surface area contributed by atoms with Gasteiger partial charge < -0.3 is 15.6 Å². The maximum atomic E-state index is 11.6. The molecule has 7 heteroatoms. The van der Waals surface area contributed by atoms with Crippen LogP contribution < -0.4 is 11.1 Å². The predicted octanol–water partition coefficient (Wildman–Crippen LogP) is 0.132. The molecule has 18 heavy (non-hydrogen) atoms. The summed E-state index contributed by atoms with van der Waals surface area (Å²) in [5, 5.41) is 10.8. The summed E-state index contributed by atoms with van der Waals surface area (Å²) in [4.78, 5) is 33.2. The van der Waals surface area contributed by atoms with Crippen LogP contribution in [0.15, 0.2) is 24.3 Å². The normalized spacial score (nSPS) is 11.4. The highest BCUT2D eigenvalue weighted by molar-refractivity contribution is 5.98. The molecule has 0 fully saturated rings. The summed E-state index contributed by atoms with van der Waals surface area (Å²) in [6, 6.07) is 4.29. The molecule has 0 radical (unpaired) electrons. The summed E-state index contributed by atoms with van der Waals surface area (Å²) in [6.45, 7) is 1.30. The van der Waals surface area contributed by atoms with E-state index in [1.165, 1.54) is 31.2 Å². The number of benzene rings is 1. The van der Waals surface area contributed by atoms with Crippen molar-refractivity contribution >= 4 is 17.9 Å². The molecule has 0 aliphatic rings. The first-order valence-corrected chi connectivity index (χ1v) is 5.00. The SMILES string of the molecule is CC(OC(=O)c1ccc(O)cc1)C(=O)NC(N)=O. The van der Waals surface area contributed by atoms with Gasteiger partial charge in [0.1, 0.15) is 5.75 Å². The molecule has 0 bridgehead atoms. The Kier molecular flexibility index (Phi) is 4.25. The van der Waals surface area contributed by atoms with Crippen LogP contribution in [0.3, 0.4) is 0 Å². The number of rotatable bonds is 3. The van der Waals surface area contributed by atoms with Crippen molar-refractivity contribution in [2.75, 3.05) is 0 Å². The number of primary amides is 1. The predicted molar refractivity (Wildman–Crippen MR) is 60.7 cm³/mol. The maximum Gasteiger partial charge on any atom is 0.338 e. The van der Waals surface area contributed by atoms with Crippen molar-refractivity contribution in [1.82, 2.24) is 5.32 Å². The van der Waals surface area contributed by atoms with Crippen molar-refractivity contribution in [1.29, 1.82) is 0 Å². The van der Waals surface area contributed by atoms with E-state index in [0.29, 0.717) is 0 Å². The average Bonchev–Trinajstić information content (AvgIpc) is 2.28. The van der Waals surface area contributed by atoms with Crippen LogP contribution in [-0.4, -0.2) is 29.1 Å². The highest BCUT2D eigenvalue weighted by Crippen LogP contribution is 2.11. The molecule has 96 valence electrons. The van der Waals surface area contributed by atoms with Crippen LogP contribution in [0.2, 0.25) is 0 Å². The van der Waals surface area contributed by atoms with E-state index in [1.54, 1.807) is 5.32 Å². The Morgan fingerprint density at radius 1 is 1.28 bits per heavy atom. The van der Waals surface area contributed by atoms with Gasteiger partial charge >= 0.3 is 12.0 Å². The van der Waals surface area contributed by atoms with E-state index in [9.17, 15) is 14.4 Å². The molecule has 3 amide bonds. The van der Waals surface area contributed by atoms with Crippen LogP contribution in [0.4, 0.5) is 4.79 Å². The number of hydrogen-bond donors (Lipinski definition) is 3. The third kappa shape index (κ3) is 3.78. The summed E-state index contributed by atoms with van der Waals surface area (Å²) in [7, 11) is 0. The number of ether oxygens (including phenoxy) is 1. The molecule has 4 N–H and O–H groups in total. The molecule has 0 heterocycles. The number of amides is 3. The number of phenolic OH excluding ortho intramolecular Hbond substituents is 1. The Balaban J connectivity index is 2.62. The maximum absolute atomic E-state index is 11.6. The van der Waals surface area contributed by atoms with Gasteiger partial charge in [-0.15, -0.1) is 0 Å². The second-order valence-electron chi connectivity index (χ2n) is 3.45. The molecular weight excluding hydrogens is 240 g/mol. The standard InChI is InChI=1S/C11H12N2O5/c1-6(9(15)13-11(12)17)18-10(16)7-2-4-8(14)5-3-7/h2-6,14H,1H3,(H3,12,13,15,17). The van der Waals surface area contributed by atoms with Crippen molar-refractivity contribution < 1.29 is 24.2 Å². The van der Waals surface area contributed by atoms with E-state index in [0.717, 1.165) is 0 Å². The molecule has 1 unspecified atom stereocenters. The molecule has 1 atom stereocenters. The topological polar surface area (TPSA) is 119 Å². The summed E-state index contributed by atoms with van der Waals surface area (Å²) in [6.07, 6.45) is -1.15. The number of hydrogen-bond acceptors (Lipinski definition) is 5. The molecule has 0 aromatic heterocycles. The minimum Gasteiger partial charge on any atom is -0.508 e. The molecule has 1 aromatic carbocycles. The van der Waals surface area contributed by atoms with E-state index in [4.69, 9.17) is 15.6 Å². The van der Waals surface area contributed by atoms with Crippen molar-refractivity contribution in [3.8, 4) is 5.75 Å². The van der Waals surface area contributed by atoms with Gasteiger partial charge in [-0.1, -0.05) is 0 Å². The van der Waals surface area contributed by atoms with Crippen molar-refractivity contribution in [3.05, 3.63) is 29.8 Å². The minimum atomic E-state index is -1.15. The van der Waals surface area contributed by atoms with Gasteiger partial charge in [0.15, 0.2) is 6.10 Å². The first kappa shape index (κ1) is 13.5. The molecule has 0 aliphatic heterocycles. The van der Waals surface area contributed by atoms with Crippen LogP contribution in [-0.2, 0) is 9.53 Å². The smallest absolute Gasteiger partial charge is 0.338 e. The fourth-order valence-corrected chi connectivity index (χ4v) is 1.10. The molecule has 0 saturated heterocycles. The molecule has 1 rings (SSSR count). The Labute approximate surface area is 103 Å². The molecule has 0 spiro atoms. The zero-order chi connectivity index (χ0) is 13.7. The molecule has 7 nitrogen and oxygen atoms in total. The van der Waals surface area contributed by atoms with E-state index < -0.39 is 24.0 Å². The van der Waals surface area contributed by atoms with Gasteiger partial charge in [0, 0.05) is 0 Å². The Morgan fingerprint density at radius 2 is 1.83 bits per heavy atom. The number of nitrogens with one attached hydrogen (secondary N) is 1. The zero-order valence-electron chi connectivity index (χ0n) is 9.54. The van der Waals surface area contributed by atoms with Gasteiger partial charge in [-0.3, -0.25) is 10.1 Å². The minimum absolute atomic E-state index is 0.00562. The van der Waals surface area contributed by atoms with Gasteiger partial charge in [0.2, 0.25) is 0 Å². The first-order valence-electron chi connectivity index (χ1n) is 5.00. The second-order valence-corrected chi connectivity index (χ2v) is 3.45. The van der Waals surface area contributed by atoms with Gasteiger partial charge in [-0.05, 0) is 31.2 Å². The largest absolute Gasteiger partial charge is 0.508 e. The summed E-state index contributed by atoms with van der Waals surface area (Å²) >= 11 is 0. The number of carbonyl (C=O) groups excluding carboxylic acids is 3.